The molecule has 1 aromatic heterocycles. The summed E-state index contributed by atoms with van der Waals surface area (Å²) >= 11 is 3.14. The minimum absolute atomic E-state index is 0.0404. The molecular formula is C9H11BrN2O4. The smallest absolute Gasteiger partial charge is 0.337 e. The second-order valence-electron chi connectivity index (χ2n) is 3.04. The van der Waals surface area contributed by atoms with Gasteiger partial charge in [-0.05, 0) is 22.0 Å². The van der Waals surface area contributed by atoms with Crippen LogP contribution in [0.4, 0.5) is 5.82 Å². The lowest BCUT2D eigenvalue weighted by molar-refractivity contribution is -0.156. The predicted octanol–water partition coefficient (Wildman–Crippen LogP) is -0.00640. The zero-order chi connectivity index (χ0) is 12.3. The summed E-state index contributed by atoms with van der Waals surface area (Å²) in [6.45, 7) is 0. The van der Waals surface area contributed by atoms with Crippen molar-refractivity contribution >= 4 is 27.7 Å². The topological polar surface area (TPSA) is 106 Å². The number of hydrogen-bond acceptors (Lipinski definition) is 6. The van der Waals surface area contributed by atoms with Crippen LogP contribution in [0.25, 0.3) is 0 Å². The zero-order valence-corrected chi connectivity index (χ0v) is 10.0. The number of anilines is 1. The standard InChI is InChI=1S/C9H11BrN2O4/c1-16-9(15)7(14)6(13)5-2-4(10)3-12-8(5)11/h2-3,6-7,13-14H,1H3,(H2,11,12). The van der Waals surface area contributed by atoms with E-state index in [1.54, 1.807) is 0 Å². The highest BCUT2D eigenvalue weighted by molar-refractivity contribution is 9.10. The quantitative estimate of drug-likeness (QED) is 0.677. The molecule has 0 fully saturated rings. The van der Waals surface area contributed by atoms with E-state index in [1.165, 1.54) is 12.3 Å². The van der Waals surface area contributed by atoms with Gasteiger partial charge in [0.25, 0.3) is 0 Å². The molecule has 0 saturated carbocycles. The molecule has 0 radical (unpaired) electrons. The molecule has 6 nitrogen and oxygen atoms in total. The largest absolute Gasteiger partial charge is 0.467 e. The van der Waals surface area contributed by atoms with Crippen molar-refractivity contribution in [3.63, 3.8) is 0 Å². The summed E-state index contributed by atoms with van der Waals surface area (Å²) in [5.41, 5.74) is 5.67. The van der Waals surface area contributed by atoms with Gasteiger partial charge in [0.05, 0.1) is 7.11 Å². The van der Waals surface area contributed by atoms with E-state index in [-0.39, 0.29) is 11.4 Å². The molecule has 88 valence electrons. The van der Waals surface area contributed by atoms with Gasteiger partial charge in [-0.15, -0.1) is 0 Å². The normalized spacial score (nSPS) is 14.2. The van der Waals surface area contributed by atoms with E-state index in [9.17, 15) is 15.0 Å². The first-order valence-electron chi connectivity index (χ1n) is 4.32. The number of pyridine rings is 1. The molecule has 7 heteroatoms. The summed E-state index contributed by atoms with van der Waals surface area (Å²) in [7, 11) is 1.11. The highest BCUT2D eigenvalue weighted by Crippen LogP contribution is 2.25. The van der Waals surface area contributed by atoms with Crippen LogP contribution >= 0.6 is 15.9 Å². The molecule has 0 amide bonds. The van der Waals surface area contributed by atoms with E-state index in [1.807, 2.05) is 0 Å². The first-order chi connectivity index (χ1) is 7.47. The van der Waals surface area contributed by atoms with Crippen molar-refractivity contribution in [3.05, 3.63) is 22.3 Å². The van der Waals surface area contributed by atoms with Crippen molar-refractivity contribution < 1.29 is 19.7 Å². The van der Waals surface area contributed by atoms with Crippen molar-refractivity contribution in [2.24, 2.45) is 0 Å². The van der Waals surface area contributed by atoms with Gasteiger partial charge in [-0.2, -0.15) is 0 Å². The summed E-state index contributed by atoms with van der Waals surface area (Å²) < 4.78 is 4.88. The molecule has 16 heavy (non-hydrogen) atoms. The van der Waals surface area contributed by atoms with Crippen molar-refractivity contribution in [2.75, 3.05) is 12.8 Å². The molecule has 2 unspecified atom stereocenters. The second-order valence-corrected chi connectivity index (χ2v) is 3.96. The number of nitrogen functional groups attached to an aromatic ring is 1. The van der Waals surface area contributed by atoms with Crippen LogP contribution in [-0.4, -0.2) is 34.4 Å². The Morgan fingerprint density at radius 2 is 2.25 bits per heavy atom. The minimum Gasteiger partial charge on any atom is -0.467 e. The number of aliphatic hydroxyl groups excluding tert-OH is 2. The van der Waals surface area contributed by atoms with E-state index in [0.29, 0.717) is 4.47 Å². The number of esters is 1. The van der Waals surface area contributed by atoms with E-state index in [2.05, 4.69) is 25.7 Å². The second kappa shape index (κ2) is 5.24. The van der Waals surface area contributed by atoms with E-state index < -0.39 is 18.2 Å². The molecule has 0 aromatic carbocycles. The third-order valence-electron chi connectivity index (χ3n) is 1.98. The zero-order valence-electron chi connectivity index (χ0n) is 8.42. The third kappa shape index (κ3) is 2.69. The molecule has 1 heterocycles. The molecule has 0 spiro atoms. The monoisotopic (exact) mass is 290 g/mol. The van der Waals surface area contributed by atoms with E-state index in [0.717, 1.165) is 7.11 Å². The highest BCUT2D eigenvalue weighted by Gasteiger charge is 2.28. The number of hydrogen-bond donors (Lipinski definition) is 3. The number of rotatable bonds is 3. The molecular weight excluding hydrogens is 280 g/mol. The Morgan fingerprint density at radius 1 is 1.62 bits per heavy atom. The lowest BCUT2D eigenvalue weighted by Gasteiger charge is -2.17. The lowest BCUT2D eigenvalue weighted by Crippen LogP contribution is -2.29. The minimum atomic E-state index is -1.69. The van der Waals surface area contributed by atoms with Gasteiger partial charge in [0.2, 0.25) is 0 Å². The predicted molar refractivity (Wildman–Crippen MR) is 59.3 cm³/mol. The number of methoxy groups -OCH3 is 1. The lowest BCUT2D eigenvalue weighted by atomic mass is 10.1. The first-order valence-corrected chi connectivity index (χ1v) is 5.11. The van der Waals surface area contributed by atoms with Crippen LogP contribution in [0, 0.1) is 0 Å². The molecule has 0 aliphatic heterocycles. The molecule has 4 N–H and O–H groups in total. The molecule has 1 rings (SSSR count). The number of ether oxygens (including phenoxy) is 1. The summed E-state index contributed by atoms with van der Waals surface area (Å²) in [5, 5.41) is 19.1. The number of halogens is 1. The Balaban J connectivity index is 2.99. The van der Waals surface area contributed by atoms with Crippen LogP contribution < -0.4 is 5.73 Å². The maximum absolute atomic E-state index is 11.0. The summed E-state index contributed by atoms with van der Waals surface area (Å²) in [5.74, 6) is -0.898. The van der Waals surface area contributed by atoms with Gasteiger partial charge in [-0.3, -0.25) is 0 Å². The molecule has 0 aliphatic rings. The van der Waals surface area contributed by atoms with Crippen LogP contribution in [0.2, 0.25) is 0 Å². The Labute approximate surface area is 100 Å². The number of carbonyl (C=O) groups excluding carboxylic acids is 1. The van der Waals surface area contributed by atoms with Crippen LogP contribution in [0.5, 0.6) is 0 Å². The van der Waals surface area contributed by atoms with E-state index in [4.69, 9.17) is 5.73 Å². The fourth-order valence-corrected chi connectivity index (χ4v) is 1.47. The molecule has 1 aromatic rings. The van der Waals surface area contributed by atoms with Crippen LogP contribution in [-0.2, 0) is 9.53 Å². The van der Waals surface area contributed by atoms with Gasteiger partial charge in [0, 0.05) is 16.2 Å². The van der Waals surface area contributed by atoms with Gasteiger partial charge in [-0.1, -0.05) is 0 Å². The first kappa shape index (κ1) is 12.9. The van der Waals surface area contributed by atoms with E-state index >= 15 is 0 Å². The van der Waals surface area contributed by atoms with Crippen LogP contribution in [0.3, 0.4) is 0 Å². The number of aliphatic hydroxyl groups is 2. The van der Waals surface area contributed by atoms with Gasteiger partial charge >= 0.3 is 5.97 Å². The molecule has 0 bridgehead atoms. The van der Waals surface area contributed by atoms with Crippen LogP contribution in [0.15, 0.2) is 16.7 Å². The van der Waals surface area contributed by atoms with Crippen molar-refractivity contribution in [1.29, 1.82) is 0 Å². The number of nitrogens with zero attached hydrogens (tertiary/aromatic N) is 1. The number of aromatic nitrogens is 1. The summed E-state index contributed by atoms with van der Waals surface area (Å²) in [4.78, 5) is 14.8. The Hall–Kier alpha value is -1.18. The number of carbonyl (C=O) groups is 1. The summed E-state index contributed by atoms with van der Waals surface area (Å²) in [6, 6.07) is 1.47. The molecule has 0 aliphatic carbocycles. The van der Waals surface area contributed by atoms with Crippen molar-refractivity contribution in [2.45, 2.75) is 12.2 Å². The Kier molecular flexibility index (Phi) is 4.22. The Bertz CT molecular complexity index is 399. The van der Waals surface area contributed by atoms with Gasteiger partial charge in [0.1, 0.15) is 11.9 Å². The van der Waals surface area contributed by atoms with Crippen molar-refractivity contribution in [1.82, 2.24) is 4.98 Å². The maximum atomic E-state index is 11.0. The highest BCUT2D eigenvalue weighted by atomic mass is 79.9. The van der Waals surface area contributed by atoms with Gasteiger partial charge in [-0.25, -0.2) is 9.78 Å². The van der Waals surface area contributed by atoms with Crippen LogP contribution in [0.1, 0.15) is 11.7 Å². The Morgan fingerprint density at radius 3 is 2.81 bits per heavy atom. The average molecular weight is 291 g/mol. The van der Waals surface area contributed by atoms with Gasteiger partial charge < -0.3 is 20.7 Å². The average Bonchev–Trinajstić information content (AvgIpc) is 2.29. The fraction of sp³-hybridized carbons (Fsp3) is 0.333. The number of nitrogens with two attached hydrogens (primary N) is 1. The SMILES string of the molecule is COC(=O)C(O)C(O)c1cc(Br)cnc1N. The third-order valence-corrected chi connectivity index (χ3v) is 2.41. The molecule has 0 saturated heterocycles. The maximum Gasteiger partial charge on any atom is 0.337 e. The van der Waals surface area contributed by atoms with Crippen molar-refractivity contribution in [3.8, 4) is 0 Å². The molecule has 2 atom stereocenters. The summed E-state index contributed by atoms with van der Waals surface area (Å²) in [6.07, 6.45) is -1.73. The van der Waals surface area contributed by atoms with Gasteiger partial charge in [0.15, 0.2) is 6.10 Å². The fourth-order valence-electron chi connectivity index (χ4n) is 1.12.